The van der Waals surface area contributed by atoms with Crippen LogP contribution in [0.1, 0.15) is 51.9 Å². The number of rotatable bonds is 6. The number of hydrogen-bond donors (Lipinski definition) is 3. The van der Waals surface area contributed by atoms with Crippen molar-refractivity contribution in [3.63, 3.8) is 0 Å². The van der Waals surface area contributed by atoms with Crippen molar-refractivity contribution in [3.8, 4) is 0 Å². The van der Waals surface area contributed by atoms with Gasteiger partial charge in [0.1, 0.15) is 0 Å². The van der Waals surface area contributed by atoms with Gasteiger partial charge in [-0.1, -0.05) is 26.2 Å². The minimum atomic E-state index is -0.272. The minimum Gasteiger partial charge on any atom is -0.393 e. The minimum absolute atomic E-state index is 0.1000. The molecule has 17 heavy (non-hydrogen) atoms. The first-order valence-electron chi connectivity index (χ1n) is 6.90. The molecule has 0 radical (unpaired) electrons. The van der Waals surface area contributed by atoms with Gasteiger partial charge in [0.15, 0.2) is 0 Å². The maximum atomic E-state index is 11.5. The molecule has 0 bridgehead atoms. The fourth-order valence-corrected chi connectivity index (χ4v) is 2.23. The molecule has 1 aliphatic rings. The van der Waals surface area contributed by atoms with E-state index in [0.29, 0.717) is 12.8 Å². The molecule has 1 heterocycles. The van der Waals surface area contributed by atoms with Crippen molar-refractivity contribution in [2.45, 2.75) is 64.0 Å². The highest BCUT2D eigenvalue weighted by atomic mass is 16.3. The summed E-state index contributed by atoms with van der Waals surface area (Å²) in [6.07, 6.45) is 6.17. The molecule has 1 fully saturated rings. The quantitative estimate of drug-likeness (QED) is 0.613. The van der Waals surface area contributed by atoms with E-state index in [0.717, 1.165) is 32.4 Å². The van der Waals surface area contributed by atoms with E-state index in [4.69, 9.17) is 0 Å². The van der Waals surface area contributed by atoms with E-state index in [-0.39, 0.29) is 18.1 Å². The van der Waals surface area contributed by atoms with Crippen LogP contribution in [0.5, 0.6) is 0 Å². The molecule has 3 N–H and O–H groups in total. The van der Waals surface area contributed by atoms with Gasteiger partial charge >= 0.3 is 0 Å². The van der Waals surface area contributed by atoms with Crippen LogP contribution in [0, 0.1) is 0 Å². The van der Waals surface area contributed by atoms with Crippen LogP contribution in [-0.4, -0.2) is 36.2 Å². The molecule has 100 valence electrons. The topological polar surface area (TPSA) is 61.4 Å². The lowest BCUT2D eigenvalue weighted by Gasteiger charge is -2.23. The predicted molar refractivity (Wildman–Crippen MR) is 68.8 cm³/mol. The zero-order chi connectivity index (χ0) is 12.5. The second kappa shape index (κ2) is 8.48. The Balaban J connectivity index is 2.24. The van der Waals surface area contributed by atoms with Gasteiger partial charge in [-0.05, 0) is 25.8 Å². The first-order valence-corrected chi connectivity index (χ1v) is 6.90. The maximum absolute atomic E-state index is 11.5. The summed E-state index contributed by atoms with van der Waals surface area (Å²) in [7, 11) is 0. The molecule has 0 unspecified atom stereocenters. The van der Waals surface area contributed by atoms with Crippen LogP contribution in [0.4, 0.5) is 0 Å². The summed E-state index contributed by atoms with van der Waals surface area (Å²) in [6, 6.07) is 0.131. The maximum Gasteiger partial charge on any atom is 0.221 e. The summed E-state index contributed by atoms with van der Waals surface area (Å²) in [6.45, 7) is 3.84. The molecule has 0 aromatic carbocycles. The molecular formula is C13H26N2O2. The van der Waals surface area contributed by atoms with Gasteiger partial charge in [0.25, 0.3) is 0 Å². The number of aliphatic hydroxyl groups excluding tert-OH is 1. The zero-order valence-electron chi connectivity index (χ0n) is 10.9. The van der Waals surface area contributed by atoms with Gasteiger partial charge in [0, 0.05) is 19.0 Å². The third-order valence-corrected chi connectivity index (χ3v) is 3.24. The van der Waals surface area contributed by atoms with Crippen LogP contribution in [-0.2, 0) is 4.79 Å². The molecule has 1 saturated heterocycles. The second-order valence-corrected chi connectivity index (χ2v) is 4.94. The Labute approximate surface area is 104 Å². The summed E-state index contributed by atoms with van der Waals surface area (Å²) in [5.41, 5.74) is 0. The Hall–Kier alpha value is -0.610. The Morgan fingerprint density at radius 2 is 2.24 bits per heavy atom. The molecule has 0 aliphatic carbocycles. The van der Waals surface area contributed by atoms with Crippen LogP contribution in [0.2, 0.25) is 0 Å². The summed E-state index contributed by atoms with van der Waals surface area (Å²) >= 11 is 0. The van der Waals surface area contributed by atoms with Crippen molar-refractivity contribution in [2.24, 2.45) is 0 Å². The Kier molecular flexibility index (Phi) is 7.21. The number of amides is 1. The number of nitrogens with one attached hydrogen (secondary N) is 2. The van der Waals surface area contributed by atoms with Crippen molar-refractivity contribution >= 4 is 5.91 Å². The summed E-state index contributed by atoms with van der Waals surface area (Å²) in [5, 5.41) is 16.1. The third kappa shape index (κ3) is 6.64. The zero-order valence-corrected chi connectivity index (χ0v) is 10.9. The standard InChI is InChI=1S/C13H26N2O2/c1-2-3-4-6-12(16)9-11-10-13(17)15-8-5-7-14-11/h11-12,14,16H,2-10H2,1H3,(H,15,17)/t11-,12-/m1/s1. The highest BCUT2D eigenvalue weighted by molar-refractivity contribution is 5.76. The van der Waals surface area contributed by atoms with Crippen LogP contribution in [0.25, 0.3) is 0 Å². The molecule has 0 aromatic rings. The number of aliphatic hydroxyl groups is 1. The number of hydrogen-bond acceptors (Lipinski definition) is 3. The second-order valence-electron chi connectivity index (χ2n) is 4.94. The summed E-state index contributed by atoms with van der Waals surface area (Å²) in [4.78, 5) is 11.5. The molecule has 0 aromatic heterocycles. The predicted octanol–water partition coefficient (Wildman–Crippen LogP) is 1.19. The largest absolute Gasteiger partial charge is 0.393 e. The smallest absolute Gasteiger partial charge is 0.221 e. The lowest BCUT2D eigenvalue weighted by molar-refractivity contribution is -0.122. The normalized spacial score (nSPS) is 23.6. The van der Waals surface area contributed by atoms with Gasteiger partial charge in [-0.3, -0.25) is 4.79 Å². The lowest BCUT2D eigenvalue weighted by atomic mass is 10.0. The van der Waals surface area contributed by atoms with Gasteiger partial charge in [-0.15, -0.1) is 0 Å². The lowest BCUT2D eigenvalue weighted by Crippen LogP contribution is -2.42. The van der Waals surface area contributed by atoms with E-state index in [9.17, 15) is 9.90 Å². The highest BCUT2D eigenvalue weighted by Gasteiger charge is 2.18. The van der Waals surface area contributed by atoms with Crippen molar-refractivity contribution < 1.29 is 9.90 Å². The first-order chi connectivity index (χ1) is 8.22. The van der Waals surface area contributed by atoms with Crippen LogP contribution in [0.3, 0.4) is 0 Å². The van der Waals surface area contributed by atoms with Crippen LogP contribution in [0.15, 0.2) is 0 Å². The van der Waals surface area contributed by atoms with Crippen molar-refractivity contribution in [1.82, 2.24) is 10.6 Å². The summed E-state index contributed by atoms with van der Waals surface area (Å²) in [5.74, 6) is 0.1000. The molecule has 1 rings (SSSR count). The van der Waals surface area contributed by atoms with E-state index in [1.165, 1.54) is 12.8 Å². The first kappa shape index (κ1) is 14.5. The van der Waals surface area contributed by atoms with Gasteiger partial charge in [-0.2, -0.15) is 0 Å². The van der Waals surface area contributed by atoms with Gasteiger partial charge < -0.3 is 15.7 Å². The van der Waals surface area contributed by atoms with Crippen molar-refractivity contribution in [1.29, 1.82) is 0 Å². The molecule has 1 aliphatic heterocycles. The monoisotopic (exact) mass is 242 g/mol. The average Bonchev–Trinajstić information content (AvgIpc) is 2.25. The van der Waals surface area contributed by atoms with Crippen molar-refractivity contribution in [2.75, 3.05) is 13.1 Å². The fraction of sp³-hybridized carbons (Fsp3) is 0.923. The van der Waals surface area contributed by atoms with Gasteiger partial charge in [0.2, 0.25) is 5.91 Å². The molecule has 4 heteroatoms. The van der Waals surface area contributed by atoms with E-state index in [2.05, 4.69) is 17.6 Å². The SMILES string of the molecule is CCCCC[C@@H](O)C[C@@H]1CC(=O)NCCCN1. The molecule has 4 nitrogen and oxygen atoms in total. The van der Waals surface area contributed by atoms with E-state index in [1.54, 1.807) is 0 Å². The number of carbonyl (C=O) groups excluding carboxylic acids is 1. The molecular weight excluding hydrogens is 216 g/mol. The molecule has 0 spiro atoms. The number of carbonyl (C=O) groups is 1. The third-order valence-electron chi connectivity index (χ3n) is 3.24. The Morgan fingerprint density at radius 3 is 3.00 bits per heavy atom. The van der Waals surface area contributed by atoms with Crippen LogP contribution < -0.4 is 10.6 Å². The summed E-state index contributed by atoms with van der Waals surface area (Å²) < 4.78 is 0. The van der Waals surface area contributed by atoms with E-state index in [1.807, 2.05) is 0 Å². The van der Waals surface area contributed by atoms with E-state index < -0.39 is 0 Å². The molecule has 2 atom stereocenters. The van der Waals surface area contributed by atoms with Gasteiger partial charge in [0.05, 0.1) is 6.10 Å². The average molecular weight is 242 g/mol. The highest BCUT2D eigenvalue weighted by Crippen LogP contribution is 2.11. The molecule has 1 amide bonds. The van der Waals surface area contributed by atoms with Crippen LogP contribution >= 0.6 is 0 Å². The Bertz CT molecular complexity index is 221. The number of unbranched alkanes of at least 4 members (excludes halogenated alkanes) is 2. The Morgan fingerprint density at radius 1 is 1.41 bits per heavy atom. The molecule has 0 saturated carbocycles. The van der Waals surface area contributed by atoms with Gasteiger partial charge in [-0.25, -0.2) is 0 Å². The van der Waals surface area contributed by atoms with Crippen molar-refractivity contribution in [3.05, 3.63) is 0 Å². The fourth-order valence-electron chi connectivity index (χ4n) is 2.23. The van der Waals surface area contributed by atoms with E-state index >= 15 is 0 Å².